The van der Waals surface area contributed by atoms with Gasteiger partial charge < -0.3 is 14.7 Å². The number of aromatic nitrogens is 2. The molecule has 1 aromatic heterocycles. The molecule has 3 rings (SSSR count). The van der Waals surface area contributed by atoms with Gasteiger partial charge in [-0.15, -0.1) is 4.91 Å². The van der Waals surface area contributed by atoms with Crippen LogP contribution in [0, 0.1) is 11.8 Å². The minimum Gasteiger partial charge on any atom is -0.390 e. The first kappa shape index (κ1) is 20.8. The summed E-state index contributed by atoms with van der Waals surface area (Å²) in [6, 6.07) is 0. The van der Waals surface area contributed by atoms with E-state index in [4.69, 9.17) is 13.8 Å². The monoisotopic (exact) mass is 420 g/mol. The lowest BCUT2D eigenvalue weighted by Crippen LogP contribution is -2.33. The van der Waals surface area contributed by atoms with Crippen LogP contribution in [-0.4, -0.2) is 56.1 Å². The Morgan fingerprint density at radius 3 is 2.93 bits per heavy atom. The lowest BCUT2D eigenvalue weighted by Gasteiger charge is -2.22. The largest absolute Gasteiger partial charge is 0.474 e. The first-order valence-corrected chi connectivity index (χ1v) is 10.1. The molecule has 1 aromatic rings. The fraction of sp³-hybridized carbons (Fsp3) is 0.714. The van der Waals surface area contributed by atoms with Crippen LogP contribution in [0.25, 0.3) is 0 Å². The van der Waals surface area contributed by atoms with E-state index in [2.05, 4.69) is 10.3 Å². The number of nitrogens with one attached hydrogen (secondary N) is 1. The summed E-state index contributed by atoms with van der Waals surface area (Å²) < 4.78 is 28.6. The number of hydrogen-bond donors (Lipinski definition) is 3. The number of nitrogens with zero attached hydrogens (tertiary/aromatic N) is 3. The van der Waals surface area contributed by atoms with Gasteiger partial charge in [0.2, 0.25) is 0 Å². The van der Waals surface area contributed by atoms with Gasteiger partial charge in [0.15, 0.2) is 6.23 Å². The third-order valence-corrected chi connectivity index (χ3v) is 5.58. The molecule has 3 N–H and O–H groups in total. The van der Waals surface area contributed by atoms with Crippen LogP contribution >= 0.6 is 7.82 Å². The van der Waals surface area contributed by atoms with E-state index >= 15 is 0 Å². The van der Waals surface area contributed by atoms with Gasteiger partial charge in [0.25, 0.3) is 5.56 Å². The fourth-order valence-electron chi connectivity index (χ4n) is 3.11. The van der Waals surface area contributed by atoms with Crippen LogP contribution in [0.2, 0.25) is 0 Å². The summed E-state index contributed by atoms with van der Waals surface area (Å²) in [6.45, 7) is 1.35. The Morgan fingerprint density at radius 1 is 1.46 bits per heavy atom. The molecule has 2 aliphatic heterocycles. The number of phosphoric acid groups is 1. The van der Waals surface area contributed by atoms with E-state index in [1.54, 1.807) is 0 Å². The smallest absolute Gasteiger partial charge is 0.390 e. The van der Waals surface area contributed by atoms with Gasteiger partial charge in [-0.05, 0) is 19.8 Å². The number of ether oxygens (including phenoxy) is 1. The highest BCUT2D eigenvalue weighted by molar-refractivity contribution is 7.47. The molecule has 156 valence electrons. The van der Waals surface area contributed by atoms with E-state index in [9.17, 15) is 29.1 Å². The van der Waals surface area contributed by atoms with E-state index in [0.717, 1.165) is 9.58 Å². The molecular formula is C14H21N4O9P. The molecule has 2 aliphatic rings. The van der Waals surface area contributed by atoms with Gasteiger partial charge in [-0.2, -0.15) is 0 Å². The number of hydrogen-bond acceptors (Lipinski definition) is 9. The Hall–Kier alpha value is -1.89. The molecule has 3 heterocycles. The average molecular weight is 420 g/mol. The van der Waals surface area contributed by atoms with Gasteiger partial charge in [-0.1, -0.05) is 0 Å². The number of aliphatic hydroxyl groups is 1. The quantitative estimate of drug-likeness (QED) is 0.394. The molecule has 0 saturated carbocycles. The van der Waals surface area contributed by atoms with Gasteiger partial charge >= 0.3 is 13.5 Å². The molecule has 28 heavy (non-hydrogen) atoms. The summed E-state index contributed by atoms with van der Waals surface area (Å²) in [6.07, 6.45) is -1.67. The second-order valence-corrected chi connectivity index (χ2v) is 8.03. The minimum atomic E-state index is -4.53. The summed E-state index contributed by atoms with van der Waals surface area (Å²) in [5.74, 6) is 0. The van der Waals surface area contributed by atoms with Crippen LogP contribution in [0.1, 0.15) is 31.1 Å². The first-order valence-electron chi connectivity index (χ1n) is 8.61. The third kappa shape index (κ3) is 4.57. The maximum absolute atomic E-state index is 12.1. The Balaban J connectivity index is 1.60. The lowest BCUT2D eigenvalue weighted by atomic mass is 10.2. The number of aromatic amines is 1. The van der Waals surface area contributed by atoms with Crippen molar-refractivity contribution in [3.05, 3.63) is 37.5 Å². The molecule has 5 atom stereocenters. The fourth-order valence-corrected chi connectivity index (χ4v) is 4.03. The predicted molar refractivity (Wildman–Crippen MR) is 93.0 cm³/mol. The van der Waals surface area contributed by atoms with Crippen LogP contribution in [0.4, 0.5) is 0 Å². The van der Waals surface area contributed by atoms with Crippen molar-refractivity contribution in [2.75, 3.05) is 13.2 Å². The topological polar surface area (TPSA) is 173 Å². The Labute approximate surface area is 158 Å². The standard InChI is InChI=1S/C14H21N4O9P/c1-8-6-17(14(21)15-13(8)20)12-5-9(19)10(26-12)7-25-28(23,24)27-11-3-2-4-18(11)16-22/h6,9-12,19H,2-5,7H2,1H3,(H,23,24)(H,15,20,21)/t9-,10+,11?,12+/m0/s1. The van der Waals surface area contributed by atoms with Crippen molar-refractivity contribution in [2.45, 2.75) is 50.8 Å². The maximum Gasteiger partial charge on any atom is 0.474 e. The molecule has 2 unspecified atom stereocenters. The maximum atomic E-state index is 12.1. The molecule has 2 saturated heterocycles. The third-order valence-electron chi connectivity index (χ3n) is 4.59. The number of phosphoric ester groups is 1. The van der Waals surface area contributed by atoms with Crippen LogP contribution in [0.15, 0.2) is 21.1 Å². The predicted octanol–water partition coefficient (Wildman–Crippen LogP) is -0.270. The Kier molecular flexibility index (Phi) is 6.12. The summed E-state index contributed by atoms with van der Waals surface area (Å²) in [5.41, 5.74) is -0.937. The van der Waals surface area contributed by atoms with E-state index in [1.165, 1.54) is 13.1 Å². The summed E-state index contributed by atoms with van der Waals surface area (Å²) in [4.78, 5) is 46.0. The second-order valence-electron chi connectivity index (χ2n) is 6.62. The number of nitroso groups, excluding NO2 is 1. The van der Waals surface area contributed by atoms with Crippen molar-refractivity contribution in [1.82, 2.24) is 14.6 Å². The second kappa shape index (κ2) is 8.23. The number of aliphatic hydroxyl groups excluding tert-OH is 1. The van der Waals surface area contributed by atoms with Crippen molar-refractivity contribution < 1.29 is 28.3 Å². The summed E-state index contributed by atoms with van der Waals surface area (Å²) in [5, 5.41) is 13.9. The SMILES string of the molecule is Cc1cn([C@H]2C[C@H](O)[C@@H](COP(=O)(O)OC3CCCN3N=O)O2)c(=O)[nH]c1=O. The highest BCUT2D eigenvalue weighted by Gasteiger charge is 2.39. The normalized spacial score (nSPS) is 29.8. The molecule has 0 radical (unpaired) electrons. The molecule has 0 aromatic carbocycles. The molecule has 13 nitrogen and oxygen atoms in total. The van der Waals surface area contributed by atoms with Gasteiger partial charge in [-0.25, -0.2) is 14.4 Å². The zero-order chi connectivity index (χ0) is 20.5. The van der Waals surface area contributed by atoms with E-state index in [1.807, 2.05) is 0 Å². The molecule has 0 aliphatic carbocycles. The van der Waals surface area contributed by atoms with E-state index in [0.29, 0.717) is 19.4 Å². The molecule has 2 fully saturated rings. The van der Waals surface area contributed by atoms with Crippen LogP contribution in [0.5, 0.6) is 0 Å². The molecule has 0 spiro atoms. The highest BCUT2D eigenvalue weighted by Crippen LogP contribution is 2.47. The Bertz CT molecular complexity index is 886. The zero-order valence-corrected chi connectivity index (χ0v) is 15.9. The van der Waals surface area contributed by atoms with Gasteiger partial charge in [0, 0.05) is 24.7 Å². The van der Waals surface area contributed by atoms with E-state index in [-0.39, 0.29) is 12.0 Å². The number of H-pyrrole nitrogens is 1. The summed E-state index contributed by atoms with van der Waals surface area (Å²) in [7, 11) is -4.53. The molecule has 0 amide bonds. The first-order chi connectivity index (χ1) is 13.2. The minimum absolute atomic E-state index is 0.0153. The molecule has 0 bridgehead atoms. The summed E-state index contributed by atoms with van der Waals surface area (Å²) >= 11 is 0. The van der Waals surface area contributed by atoms with Gasteiger partial charge in [0.1, 0.15) is 12.3 Å². The van der Waals surface area contributed by atoms with Crippen LogP contribution in [0.3, 0.4) is 0 Å². The van der Waals surface area contributed by atoms with Crippen molar-refractivity contribution in [2.24, 2.45) is 5.29 Å². The number of aryl methyl sites for hydroxylation is 1. The van der Waals surface area contributed by atoms with Gasteiger partial charge in [0.05, 0.1) is 18.0 Å². The van der Waals surface area contributed by atoms with Crippen LogP contribution < -0.4 is 11.2 Å². The van der Waals surface area contributed by atoms with Crippen LogP contribution in [-0.2, 0) is 18.3 Å². The Morgan fingerprint density at radius 2 is 2.21 bits per heavy atom. The van der Waals surface area contributed by atoms with Crippen molar-refractivity contribution in [3.63, 3.8) is 0 Å². The molecule has 14 heteroatoms. The lowest BCUT2D eigenvalue weighted by molar-refractivity contribution is -0.0521. The van der Waals surface area contributed by atoms with Gasteiger partial charge in [-0.3, -0.25) is 23.4 Å². The zero-order valence-electron chi connectivity index (χ0n) is 15.0. The number of rotatable bonds is 7. The van der Waals surface area contributed by atoms with Crippen molar-refractivity contribution in [3.8, 4) is 0 Å². The van der Waals surface area contributed by atoms with Crippen molar-refractivity contribution >= 4 is 7.82 Å². The van der Waals surface area contributed by atoms with E-state index < -0.39 is 50.3 Å². The molecular weight excluding hydrogens is 399 g/mol. The average Bonchev–Trinajstić information content (AvgIpc) is 3.22. The van der Waals surface area contributed by atoms with Crippen molar-refractivity contribution in [1.29, 1.82) is 0 Å². The highest BCUT2D eigenvalue weighted by atomic mass is 31.2.